The quantitative estimate of drug-likeness (QED) is 0.00529. The number of amides is 4. The number of nitrogens with zero attached hydrogens (tertiary/aromatic N) is 3. The Morgan fingerprint density at radius 1 is 0.495 bits per heavy atom. The number of aliphatic carboxylic acids is 1. The van der Waals surface area contributed by atoms with Crippen LogP contribution in [-0.2, 0) is 51.9 Å². The first-order valence-electron chi connectivity index (χ1n) is 38.9. The number of alkyl carbamates (subject to hydrolysis) is 4. The number of ether oxygens (including phenoxy) is 5. The first-order chi connectivity index (χ1) is 50.3. The second-order valence-corrected chi connectivity index (χ2v) is 30.8. The minimum Gasteiger partial charge on any atom is -0.480 e. The summed E-state index contributed by atoms with van der Waals surface area (Å²) in [6, 6.07) is 16.3. The van der Waals surface area contributed by atoms with Crippen LogP contribution < -0.4 is 26.6 Å². The number of carbonyl (C=O) groups excluding carboxylic acids is 7. The van der Waals surface area contributed by atoms with Crippen LogP contribution >= 0.6 is 8.38 Å². The van der Waals surface area contributed by atoms with Crippen molar-refractivity contribution in [3.05, 3.63) is 60.7 Å². The summed E-state index contributed by atoms with van der Waals surface area (Å²) in [5, 5.41) is 34.4. The third kappa shape index (κ3) is 56.2. The molecule has 1 aromatic heterocycles. The molecule has 26 heteroatoms. The van der Waals surface area contributed by atoms with Gasteiger partial charge in [0, 0.05) is 22.9 Å². The predicted octanol–water partition coefficient (Wildman–Crippen LogP) is 17.6. The van der Waals surface area contributed by atoms with Crippen LogP contribution in [0, 0.1) is 0 Å². The number of carboxylic acids is 1. The lowest BCUT2D eigenvalue weighted by Gasteiger charge is -2.24. The molecule has 0 aliphatic carbocycles. The number of hydrogen-bond donors (Lipinski definition) is 7. The molecular weight excluding hydrogens is 1390 g/mol. The minimum atomic E-state index is -1.61. The lowest BCUT2D eigenvalue weighted by molar-refractivity contribution is -0.144. The van der Waals surface area contributed by atoms with Crippen molar-refractivity contribution in [3.63, 3.8) is 0 Å². The van der Waals surface area contributed by atoms with Crippen LogP contribution in [0.15, 0.2) is 60.7 Å². The van der Waals surface area contributed by atoms with Crippen LogP contribution in [0.1, 0.15) is 262 Å². The Morgan fingerprint density at radius 2 is 0.879 bits per heavy atom. The summed E-state index contributed by atoms with van der Waals surface area (Å²) in [6.45, 7) is 53.8. The number of nitrogens with one attached hydrogen (secondary N) is 5. The molecule has 0 aliphatic rings. The van der Waals surface area contributed by atoms with E-state index in [0.717, 1.165) is 95.0 Å². The lowest BCUT2D eigenvalue weighted by atomic mass is 10.0. The van der Waals surface area contributed by atoms with E-state index in [4.69, 9.17) is 43.2 Å². The van der Waals surface area contributed by atoms with E-state index in [2.05, 4.69) is 131 Å². The van der Waals surface area contributed by atoms with Crippen molar-refractivity contribution >= 4 is 84.0 Å². The van der Waals surface area contributed by atoms with Gasteiger partial charge in [0.1, 0.15) is 41.2 Å². The maximum Gasteiger partial charge on any atom is 0.408 e. The molecule has 5 atom stereocenters. The zero-order valence-corrected chi connectivity index (χ0v) is 71.1. The molecule has 4 unspecified atom stereocenters. The number of rotatable bonds is 40. The number of fused-ring (bicyclic) bond motifs is 2. The van der Waals surface area contributed by atoms with Gasteiger partial charge in [0.25, 0.3) is 0 Å². The zero-order valence-electron chi connectivity index (χ0n) is 70.2. The predicted molar refractivity (Wildman–Crippen MR) is 434 cm³/mol. The van der Waals surface area contributed by atoms with Crippen molar-refractivity contribution in [1.29, 1.82) is 0 Å². The van der Waals surface area contributed by atoms with Crippen molar-refractivity contribution in [2.24, 2.45) is 0 Å². The highest BCUT2D eigenvalue weighted by Gasteiger charge is 2.26. The van der Waals surface area contributed by atoms with Crippen molar-refractivity contribution in [2.75, 3.05) is 71.0 Å². The molecule has 25 nitrogen and oxygen atoms in total. The maximum atomic E-state index is 11.8. The highest BCUT2D eigenvalue weighted by Crippen LogP contribution is 2.40. The van der Waals surface area contributed by atoms with Gasteiger partial charge in [0.05, 0.1) is 55.2 Å². The Labute approximate surface area is 645 Å². The third-order valence-corrected chi connectivity index (χ3v) is 16.4. The highest BCUT2D eigenvalue weighted by molar-refractivity contribution is 7.66. The van der Waals surface area contributed by atoms with Gasteiger partial charge < -0.3 is 84.1 Å². The van der Waals surface area contributed by atoms with Crippen LogP contribution in [0.5, 0.6) is 0 Å². The standard InChI is InChI=1S/C24H33N3.C16H34N2O2.C12H23NO3.C10H19NO4.C10H19NO3.C9H17O5P/c1-4-12-19(13-11-18-27(5-2)6-3)25-24-20-14-7-9-16-22(20)26-23-17-10-8-15-21(23)24;1-7-11-14(12-10-13-18(8-2)9-3)17-15(19)20-16(4,5)6;1-5-7-10(8-6-9-14)13-11(15)16-12(2,3)4;1-5-6-7(8(12)13)11-9(14)15-10(2,3)4;1-5-6-8(7-12)11-9(13)14-10(2,3)4;1-4-12-8(10)7-9(11)15(13-5-2)14-6-3/h7-10,14-17,19H,4-6,11-13,18H2,1-3H3,(H,25,26);14H,7-13H2,1-6H3,(H,17,19);6,8,10,14H,5,7,9H2,1-4H3,(H,13,15);7H,5-6H2,1-4H3,(H,11,14)(H,12,13);7-8H,5-6H2,1-4H3,(H,11,13);4-7H2,1-3H3/b;;8-6+;;;/t19-;;;;;/m0...../s1. The van der Waals surface area contributed by atoms with Crippen LogP contribution in [0.3, 0.4) is 0 Å². The number of anilines is 1. The number of benzene rings is 2. The second kappa shape index (κ2) is 60.1. The van der Waals surface area contributed by atoms with E-state index < -0.39 is 73.1 Å². The topological polar surface area (TPSA) is 321 Å². The number of pyridine rings is 1. The maximum absolute atomic E-state index is 11.8. The van der Waals surface area contributed by atoms with Gasteiger partial charge in [-0.05, 0) is 213 Å². The number of carbonyl (C=O) groups is 8. The average Bonchev–Trinajstić information content (AvgIpc) is 0.776. The summed E-state index contributed by atoms with van der Waals surface area (Å²) in [6.07, 6.45) is 15.3. The summed E-state index contributed by atoms with van der Waals surface area (Å²) in [4.78, 5) is 99.3. The van der Waals surface area contributed by atoms with Crippen LogP contribution in [0.2, 0.25) is 0 Å². The lowest BCUT2D eigenvalue weighted by Crippen LogP contribution is -2.43. The van der Waals surface area contributed by atoms with E-state index in [1.165, 1.54) is 48.7 Å². The van der Waals surface area contributed by atoms with Gasteiger partial charge in [-0.25, -0.2) is 29.0 Å². The molecule has 0 bridgehead atoms. The highest BCUT2D eigenvalue weighted by atomic mass is 31.2. The van der Waals surface area contributed by atoms with Gasteiger partial charge in [0.2, 0.25) is 13.9 Å². The van der Waals surface area contributed by atoms with Gasteiger partial charge in [-0.2, -0.15) is 0 Å². The van der Waals surface area contributed by atoms with Crippen molar-refractivity contribution in [3.8, 4) is 0 Å². The van der Waals surface area contributed by atoms with Crippen LogP contribution in [0.25, 0.3) is 21.8 Å². The third-order valence-electron chi connectivity index (χ3n) is 14.9. The van der Waals surface area contributed by atoms with Crippen LogP contribution in [-0.4, -0.2) is 191 Å². The fourth-order valence-corrected chi connectivity index (χ4v) is 11.2. The van der Waals surface area contributed by atoms with Gasteiger partial charge in [0.15, 0.2) is 0 Å². The van der Waals surface area contributed by atoms with Crippen molar-refractivity contribution in [2.45, 2.75) is 315 Å². The first-order valence-corrected chi connectivity index (χ1v) is 40.1. The number of aliphatic hydroxyl groups excluding tert-OH is 1. The summed E-state index contributed by atoms with van der Waals surface area (Å²) >= 11 is 0. The number of aldehydes is 1. The Hall–Kier alpha value is -6.76. The van der Waals surface area contributed by atoms with Gasteiger partial charge >= 0.3 is 36.3 Å². The van der Waals surface area contributed by atoms with E-state index in [9.17, 15) is 38.4 Å². The fourth-order valence-electron chi connectivity index (χ4n) is 10.1. The molecule has 3 aromatic rings. The molecule has 0 aliphatic heterocycles. The number of para-hydroxylation sites is 2. The molecule has 0 saturated carbocycles. The molecule has 4 amide bonds. The summed E-state index contributed by atoms with van der Waals surface area (Å²) < 4.78 is 35.3. The van der Waals surface area contributed by atoms with E-state index in [-0.39, 0.29) is 43.3 Å². The summed E-state index contributed by atoms with van der Waals surface area (Å²) in [7, 11) is -1.61. The van der Waals surface area contributed by atoms with E-state index in [0.29, 0.717) is 38.5 Å². The molecule has 0 saturated heterocycles. The molecule has 616 valence electrons. The molecule has 107 heavy (non-hydrogen) atoms. The molecule has 1 heterocycles. The molecule has 3 rings (SSSR count). The monoisotopic (exact) mass is 1530 g/mol. The number of esters is 1. The number of carboxylic acid groups (broad SMARTS) is 1. The first kappa shape index (κ1) is 104. The van der Waals surface area contributed by atoms with E-state index >= 15 is 0 Å². The average molecular weight is 1530 g/mol. The summed E-state index contributed by atoms with van der Waals surface area (Å²) in [5.41, 5.74) is 0.992. The van der Waals surface area contributed by atoms with Crippen LogP contribution in [0.4, 0.5) is 24.9 Å². The Bertz CT molecular complexity index is 2860. The molecule has 0 spiro atoms. The molecule has 0 fully saturated rings. The number of hydrogen-bond acceptors (Lipinski definition) is 20. The van der Waals surface area contributed by atoms with Crippen molar-refractivity contribution in [1.82, 2.24) is 36.1 Å². The van der Waals surface area contributed by atoms with Gasteiger partial charge in [-0.3, -0.25) is 9.59 Å². The SMILES string of the molecule is CCCC(/C=C/CO)NC(=O)OC(C)(C)C.CCCC(C=O)NC(=O)OC(C)(C)C.CCCC(CCCN(CC)CC)NC(=O)OC(C)(C)C.CCCC(NC(=O)OC(C)(C)C)C(=O)O.CCC[C@@H](CCCN(CC)CC)Nc1c2ccccc2nc2ccccc12.CCOC(=O)CC(=O)P(OCC)OCC. The number of aliphatic hydroxyl groups is 1. The Balaban J connectivity index is -0.00000124. The normalized spacial score (nSPS) is 12.8. The van der Waals surface area contributed by atoms with Gasteiger partial charge in [-0.1, -0.05) is 143 Å². The second-order valence-electron chi connectivity index (χ2n) is 29.2. The Morgan fingerprint density at radius 3 is 1.25 bits per heavy atom. The molecular formula is C81H145N8O17P. The van der Waals surface area contributed by atoms with Gasteiger partial charge in [-0.15, -0.1) is 0 Å². The van der Waals surface area contributed by atoms with Crippen molar-refractivity contribution < 1.29 is 81.3 Å². The largest absolute Gasteiger partial charge is 0.480 e. The summed E-state index contributed by atoms with van der Waals surface area (Å²) in [5.74, 6) is -1.57. The zero-order chi connectivity index (χ0) is 82.2. The molecule has 0 radical (unpaired) electrons. The minimum absolute atomic E-state index is 0.0176. The smallest absolute Gasteiger partial charge is 0.408 e. The Kier molecular flexibility index (Phi) is 58.6. The molecule has 7 N–H and O–H groups in total. The molecule has 2 aromatic carbocycles. The fraction of sp³-hybridized carbons (Fsp3) is 0.716. The number of aromatic nitrogens is 1. The van der Waals surface area contributed by atoms with E-state index in [1.807, 2.05) is 62.3 Å². The van der Waals surface area contributed by atoms with E-state index in [1.54, 1.807) is 74.5 Å².